The van der Waals surface area contributed by atoms with E-state index in [1.54, 1.807) is 0 Å². The van der Waals surface area contributed by atoms with Gasteiger partial charge in [0.15, 0.2) is 0 Å². The Morgan fingerprint density at radius 3 is 2.73 bits per heavy atom. The Bertz CT molecular complexity index is 156. The molecule has 1 heterocycles. The predicted octanol–water partition coefficient (Wildman–Crippen LogP) is 2.83. The van der Waals surface area contributed by atoms with Crippen molar-refractivity contribution in [1.82, 2.24) is 5.32 Å². The van der Waals surface area contributed by atoms with E-state index < -0.39 is 0 Å². The van der Waals surface area contributed by atoms with Gasteiger partial charge in [-0.25, -0.2) is 0 Å². The third-order valence-electron chi connectivity index (χ3n) is 3.44. The Morgan fingerprint density at radius 1 is 1.40 bits per heavy atom. The molecular formula is C13H27NO. The van der Waals surface area contributed by atoms with E-state index in [1.165, 1.54) is 32.1 Å². The summed E-state index contributed by atoms with van der Waals surface area (Å²) in [5.41, 5.74) is 0.432. The fourth-order valence-corrected chi connectivity index (χ4v) is 2.60. The Kier molecular flexibility index (Phi) is 5.62. The molecule has 0 saturated carbocycles. The SMILES string of the molecule is CNCC1(CCCC(C)C)CCCOC1. The number of ether oxygens (including phenoxy) is 1. The van der Waals surface area contributed by atoms with Crippen LogP contribution in [0.1, 0.15) is 46.0 Å². The van der Waals surface area contributed by atoms with E-state index in [-0.39, 0.29) is 0 Å². The topological polar surface area (TPSA) is 21.3 Å². The van der Waals surface area contributed by atoms with Gasteiger partial charge in [-0.15, -0.1) is 0 Å². The van der Waals surface area contributed by atoms with Gasteiger partial charge in [0, 0.05) is 18.6 Å². The molecule has 1 atom stereocenters. The van der Waals surface area contributed by atoms with Crippen LogP contribution in [0.25, 0.3) is 0 Å². The molecular weight excluding hydrogens is 186 g/mol. The van der Waals surface area contributed by atoms with E-state index in [0.717, 1.165) is 25.7 Å². The van der Waals surface area contributed by atoms with Crippen molar-refractivity contribution in [2.24, 2.45) is 11.3 Å². The van der Waals surface area contributed by atoms with Crippen LogP contribution in [0.3, 0.4) is 0 Å². The number of hydrogen-bond acceptors (Lipinski definition) is 2. The highest BCUT2D eigenvalue weighted by molar-refractivity contribution is 4.83. The molecule has 2 heteroatoms. The van der Waals surface area contributed by atoms with Crippen LogP contribution in [0.15, 0.2) is 0 Å². The summed E-state index contributed by atoms with van der Waals surface area (Å²) in [7, 11) is 2.05. The molecule has 0 aromatic heterocycles. The van der Waals surface area contributed by atoms with Crippen LogP contribution in [-0.2, 0) is 4.74 Å². The number of nitrogens with one attached hydrogen (secondary N) is 1. The molecule has 0 bridgehead atoms. The van der Waals surface area contributed by atoms with Crippen LogP contribution in [-0.4, -0.2) is 26.8 Å². The van der Waals surface area contributed by atoms with E-state index in [9.17, 15) is 0 Å². The number of rotatable bonds is 6. The first kappa shape index (κ1) is 13.0. The van der Waals surface area contributed by atoms with E-state index in [2.05, 4.69) is 26.2 Å². The molecule has 1 aliphatic heterocycles. The lowest BCUT2D eigenvalue weighted by molar-refractivity contribution is -0.0127. The second-order valence-corrected chi connectivity index (χ2v) is 5.47. The molecule has 0 radical (unpaired) electrons. The monoisotopic (exact) mass is 213 g/mol. The Hall–Kier alpha value is -0.0800. The smallest absolute Gasteiger partial charge is 0.0534 e. The van der Waals surface area contributed by atoms with Crippen LogP contribution in [0.2, 0.25) is 0 Å². The minimum atomic E-state index is 0.432. The van der Waals surface area contributed by atoms with E-state index in [0.29, 0.717) is 5.41 Å². The van der Waals surface area contributed by atoms with Gasteiger partial charge in [0.05, 0.1) is 6.61 Å². The van der Waals surface area contributed by atoms with Gasteiger partial charge in [-0.1, -0.05) is 26.7 Å². The summed E-state index contributed by atoms with van der Waals surface area (Å²) in [4.78, 5) is 0. The fraction of sp³-hybridized carbons (Fsp3) is 1.00. The van der Waals surface area contributed by atoms with Crippen molar-refractivity contribution >= 4 is 0 Å². The first-order chi connectivity index (χ1) is 7.18. The zero-order valence-electron chi connectivity index (χ0n) is 10.6. The van der Waals surface area contributed by atoms with Gasteiger partial charge in [0.25, 0.3) is 0 Å². The van der Waals surface area contributed by atoms with Gasteiger partial charge in [-0.2, -0.15) is 0 Å². The summed E-state index contributed by atoms with van der Waals surface area (Å²) < 4.78 is 5.66. The van der Waals surface area contributed by atoms with Crippen molar-refractivity contribution in [2.45, 2.75) is 46.0 Å². The molecule has 1 aliphatic rings. The van der Waals surface area contributed by atoms with Crippen molar-refractivity contribution in [3.05, 3.63) is 0 Å². The summed E-state index contributed by atoms with van der Waals surface area (Å²) in [5, 5.41) is 3.34. The molecule has 0 aromatic carbocycles. The molecule has 0 amide bonds. The van der Waals surface area contributed by atoms with E-state index >= 15 is 0 Å². The van der Waals surface area contributed by atoms with E-state index in [4.69, 9.17) is 4.74 Å². The van der Waals surface area contributed by atoms with Gasteiger partial charge >= 0.3 is 0 Å². The highest BCUT2D eigenvalue weighted by Crippen LogP contribution is 2.33. The zero-order chi connectivity index (χ0) is 11.1. The summed E-state index contributed by atoms with van der Waals surface area (Å²) in [6.45, 7) is 7.66. The maximum Gasteiger partial charge on any atom is 0.0534 e. The molecule has 1 rings (SSSR count). The minimum absolute atomic E-state index is 0.432. The first-order valence-corrected chi connectivity index (χ1v) is 6.41. The maximum absolute atomic E-state index is 5.66. The molecule has 0 aromatic rings. The second kappa shape index (κ2) is 6.49. The largest absolute Gasteiger partial charge is 0.381 e. The van der Waals surface area contributed by atoms with Gasteiger partial charge in [-0.3, -0.25) is 0 Å². The summed E-state index contributed by atoms with van der Waals surface area (Å²) >= 11 is 0. The van der Waals surface area contributed by atoms with Crippen LogP contribution >= 0.6 is 0 Å². The first-order valence-electron chi connectivity index (χ1n) is 6.41. The van der Waals surface area contributed by atoms with E-state index in [1.807, 2.05) is 0 Å². The lowest BCUT2D eigenvalue weighted by Gasteiger charge is -2.37. The standard InChI is InChI=1S/C13H27NO/c1-12(2)6-4-7-13(10-14-3)8-5-9-15-11-13/h12,14H,4-11H2,1-3H3. The number of hydrogen-bond donors (Lipinski definition) is 1. The van der Waals surface area contributed by atoms with Crippen LogP contribution in [0.5, 0.6) is 0 Å². The van der Waals surface area contributed by atoms with Crippen molar-refractivity contribution in [1.29, 1.82) is 0 Å². The highest BCUT2D eigenvalue weighted by Gasteiger charge is 2.31. The van der Waals surface area contributed by atoms with Gasteiger partial charge in [-0.05, 0) is 32.2 Å². The maximum atomic E-state index is 5.66. The average Bonchev–Trinajstić information content (AvgIpc) is 2.19. The molecule has 1 saturated heterocycles. The summed E-state index contributed by atoms with van der Waals surface area (Å²) in [5.74, 6) is 0.834. The minimum Gasteiger partial charge on any atom is -0.381 e. The molecule has 0 aliphatic carbocycles. The predicted molar refractivity (Wildman–Crippen MR) is 65.1 cm³/mol. The zero-order valence-corrected chi connectivity index (χ0v) is 10.6. The van der Waals surface area contributed by atoms with Gasteiger partial charge < -0.3 is 10.1 Å². The third kappa shape index (κ3) is 4.52. The third-order valence-corrected chi connectivity index (χ3v) is 3.44. The van der Waals surface area contributed by atoms with Crippen molar-refractivity contribution in [3.8, 4) is 0 Å². The summed E-state index contributed by atoms with van der Waals surface area (Å²) in [6, 6.07) is 0. The fourth-order valence-electron chi connectivity index (χ4n) is 2.60. The molecule has 90 valence electrons. The molecule has 15 heavy (non-hydrogen) atoms. The molecule has 1 unspecified atom stereocenters. The Labute approximate surface area is 94.8 Å². The molecule has 1 fully saturated rings. The molecule has 0 spiro atoms. The van der Waals surface area contributed by atoms with Gasteiger partial charge in [0.1, 0.15) is 0 Å². The lowest BCUT2D eigenvalue weighted by atomic mass is 9.77. The lowest BCUT2D eigenvalue weighted by Crippen LogP contribution is -2.40. The van der Waals surface area contributed by atoms with Crippen molar-refractivity contribution < 1.29 is 4.74 Å². The quantitative estimate of drug-likeness (QED) is 0.732. The Balaban J connectivity index is 2.34. The normalized spacial score (nSPS) is 27.2. The van der Waals surface area contributed by atoms with Crippen LogP contribution in [0.4, 0.5) is 0 Å². The second-order valence-electron chi connectivity index (χ2n) is 5.47. The van der Waals surface area contributed by atoms with Crippen molar-refractivity contribution in [3.63, 3.8) is 0 Å². The van der Waals surface area contributed by atoms with Crippen LogP contribution in [0, 0.1) is 11.3 Å². The summed E-state index contributed by atoms with van der Waals surface area (Å²) in [6.07, 6.45) is 6.61. The van der Waals surface area contributed by atoms with Gasteiger partial charge in [0.2, 0.25) is 0 Å². The van der Waals surface area contributed by atoms with Crippen molar-refractivity contribution in [2.75, 3.05) is 26.8 Å². The van der Waals surface area contributed by atoms with Crippen LogP contribution < -0.4 is 5.32 Å². The Morgan fingerprint density at radius 2 is 2.20 bits per heavy atom. The molecule has 2 nitrogen and oxygen atoms in total. The average molecular weight is 213 g/mol. The molecule has 1 N–H and O–H groups in total. The highest BCUT2D eigenvalue weighted by atomic mass is 16.5.